The van der Waals surface area contributed by atoms with Gasteiger partial charge in [0.25, 0.3) is 5.69 Å². The number of nitrogens with one attached hydrogen (secondary N) is 1. The summed E-state index contributed by atoms with van der Waals surface area (Å²) < 4.78 is 0. The second kappa shape index (κ2) is 5.14. The highest BCUT2D eigenvalue weighted by Gasteiger charge is 2.13. The second-order valence-corrected chi connectivity index (χ2v) is 5.08. The van der Waals surface area contributed by atoms with Gasteiger partial charge in [0.15, 0.2) is 0 Å². The Morgan fingerprint density at radius 3 is 2.78 bits per heavy atom. The first-order valence-electron chi connectivity index (χ1n) is 5.57. The average Bonchev–Trinajstić information content (AvgIpc) is 2.76. The lowest BCUT2D eigenvalue weighted by Crippen LogP contribution is -2.01. The third-order valence-corrected chi connectivity index (χ3v) is 3.39. The molecule has 18 heavy (non-hydrogen) atoms. The number of hydrogen-bond acceptors (Lipinski definition) is 5. The fourth-order valence-electron chi connectivity index (χ4n) is 1.59. The van der Waals surface area contributed by atoms with Crippen molar-refractivity contribution in [2.24, 2.45) is 0 Å². The van der Waals surface area contributed by atoms with Crippen LogP contribution < -0.4 is 5.32 Å². The van der Waals surface area contributed by atoms with Gasteiger partial charge in [-0.1, -0.05) is 0 Å². The third kappa shape index (κ3) is 2.65. The molecule has 0 atom stereocenters. The predicted octanol–water partition coefficient (Wildman–Crippen LogP) is 3.46. The van der Waals surface area contributed by atoms with Crippen molar-refractivity contribution >= 4 is 22.8 Å². The average molecular weight is 263 g/mol. The van der Waals surface area contributed by atoms with Crippen molar-refractivity contribution in [2.75, 3.05) is 11.9 Å². The zero-order valence-corrected chi connectivity index (χ0v) is 11.0. The Kier molecular flexibility index (Phi) is 3.57. The molecule has 0 saturated carbocycles. The number of aryl methyl sites for hydroxylation is 1. The second-order valence-electron chi connectivity index (χ2n) is 3.79. The van der Waals surface area contributed by atoms with E-state index >= 15 is 0 Å². The van der Waals surface area contributed by atoms with Crippen molar-refractivity contribution in [1.82, 2.24) is 4.98 Å². The number of rotatable bonds is 4. The molecular weight excluding hydrogens is 250 g/mol. The molecule has 2 rings (SSSR count). The maximum Gasteiger partial charge on any atom is 0.275 e. The lowest BCUT2D eigenvalue weighted by atomic mass is 10.2. The minimum atomic E-state index is -0.396. The number of nitrogens with zero attached hydrogens (tertiary/aromatic N) is 2. The maximum absolute atomic E-state index is 10.9. The van der Waals surface area contributed by atoms with Gasteiger partial charge in [0, 0.05) is 17.5 Å². The fraction of sp³-hybridized carbons (Fsp3) is 0.250. The Bertz CT molecular complexity index is 580. The van der Waals surface area contributed by atoms with Gasteiger partial charge in [-0.25, -0.2) is 4.98 Å². The van der Waals surface area contributed by atoms with E-state index in [1.807, 2.05) is 26.0 Å². The number of aromatic nitrogens is 1. The Hall–Kier alpha value is -1.95. The van der Waals surface area contributed by atoms with Gasteiger partial charge in [-0.2, -0.15) is 0 Å². The standard InChI is InChI=1S/C12H13N3O2S/c1-3-13-12-7-9(15(16)17)6-10(14-12)11-5-4-8(2)18-11/h4-7H,3H2,1-2H3,(H,13,14). The third-order valence-electron chi connectivity index (χ3n) is 2.37. The van der Waals surface area contributed by atoms with E-state index in [1.54, 1.807) is 11.3 Å². The van der Waals surface area contributed by atoms with Crippen LogP contribution in [0.4, 0.5) is 11.5 Å². The van der Waals surface area contributed by atoms with Crippen molar-refractivity contribution in [3.05, 3.63) is 39.3 Å². The number of thiophene rings is 1. The van der Waals surface area contributed by atoms with Crippen LogP contribution in [-0.4, -0.2) is 16.5 Å². The quantitative estimate of drug-likeness (QED) is 0.677. The highest BCUT2D eigenvalue weighted by atomic mass is 32.1. The summed E-state index contributed by atoms with van der Waals surface area (Å²) in [6.07, 6.45) is 0. The molecule has 2 aromatic heterocycles. The number of pyridine rings is 1. The first-order chi connectivity index (χ1) is 8.60. The highest BCUT2D eigenvalue weighted by molar-refractivity contribution is 7.15. The first kappa shape index (κ1) is 12.5. The molecule has 0 aliphatic rings. The molecule has 0 aliphatic carbocycles. The van der Waals surface area contributed by atoms with Gasteiger partial charge in [-0.05, 0) is 26.0 Å². The van der Waals surface area contributed by atoms with E-state index in [0.29, 0.717) is 18.1 Å². The molecular formula is C12H13N3O2S. The molecule has 6 heteroatoms. The normalized spacial score (nSPS) is 10.3. The molecule has 0 bridgehead atoms. The molecule has 0 spiro atoms. The van der Waals surface area contributed by atoms with Crippen LogP contribution in [0.1, 0.15) is 11.8 Å². The summed E-state index contributed by atoms with van der Waals surface area (Å²) >= 11 is 1.58. The van der Waals surface area contributed by atoms with Crippen LogP contribution in [0.3, 0.4) is 0 Å². The SMILES string of the molecule is CCNc1cc([N+](=O)[O-])cc(-c2ccc(C)s2)n1. The molecule has 2 aromatic rings. The van der Waals surface area contributed by atoms with Crippen molar-refractivity contribution in [1.29, 1.82) is 0 Å². The van der Waals surface area contributed by atoms with Crippen molar-refractivity contribution < 1.29 is 4.92 Å². The molecule has 1 N–H and O–H groups in total. The molecule has 0 aromatic carbocycles. The topological polar surface area (TPSA) is 68.1 Å². The molecule has 0 amide bonds. The zero-order valence-electron chi connectivity index (χ0n) is 10.1. The fourth-order valence-corrected chi connectivity index (χ4v) is 2.42. The van der Waals surface area contributed by atoms with Crippen LogP contribution >= 0.6 is 11.3 Å². The van der Waals surface area contributed by atoms with Crippen LogP contribution in [0.15, 0.2) is 24.3 Å². The summed E-state index contributed by atoms with van der Waals surface area (Å²) in [7, 11) is 0. The highest BCUT2D eigenvalue weighted by Crippen LogP contribution is 2.30. The number of anilines is 1. The number of nitro groups is 1. The Labute approximate surface area is 109 Å². The van der Waals surface area contributed by atoms with Gasteiger partial charge in [0.2, 0.25) is 0 Å². The smallest absolute Gasteiger partial charge is 0.275 e. The van der Waals surface area contributed by atoms with Crippen molar-refractivity contribution in [3.8, 4) is 10.6 Å². The summed E-state index contributed by atoms with van der Waals surface area (Å²) in [5.74, 6) is 0.535. The van der Waals surface area contributed by atoms with Gasteiger partial charge in [0.1, 0.15) is 5.82 Å². The molecule has 5 nitrogen and oxygen atoms in total. The van der Waals surface area contributed by atoms with E-state index in [9.17, 15) is 10.1 Å². The van der Waals surface area contributed by atoms with Crippen LogP contribution in [0.2, 0.25) is 0 Å². The van der Waals surface area contributed by atoms with Crippen LogP contribution in [0.25, 0.3) is 10.6 Å². The molecule has 0 saturated heterocycles. The monoisotopic (exact) mass is 263 g/mol. The van der Waals surface area contributed by atoms with E-state index in [2.05, 4.69) is 10.3 Å². The molecule has 0 fully saturated rings. The molecule has 94 valence electrons. The minimum absolute atomic E-state index is 0.0574. The zero-order chi connectivity index (χ0) is 13.1. The Morgan fingerprint density at radius 1 is 1.44 bits per heavy atom. The minimum Gasteiger partial charge on any atom is -0.370 e. The van der Waals surface area contributed by atoms with Crippen LogP contribution in [0, 0.1) is 17.0 Å². The number of hydrogen-bond donors (Lipinski definition) is 1. The van der Waals surface area contributed by atoms with Gasteiger partial charge < -0.3 is 5.32 Å². The molecule has 0 radical (unpaired) electrons. The van der Waals surface area contributed by atoms with E-state index < -0.39 is 4.92 Å². The predicted molar refractivity (Wildman–Crippen MR) is 73.1 cm³/mol. The largest absolute Gasteiger partial charge is 0.370 e. The van der Waals surface area contributed by atoms with Crippen LogP contribution in [0.5, 0.6) is 0 Å². The van der Waals surface area contributed by atoms with E-state index in [1.165, 1.54) is 12.1 Å². The van der Waals surface area contributed by atoms with Crippen LogP contribution in [-0.2, 0) is 0 Å². The summed E-state index contributed by atoms with van der Waals surface area (Å²) in [6.45, 7) is 4.60. The first-order valence-corrected chi connectivity index (χ1v) is 6.39. The Morgan fingerprint density at radius 2 is 2.22 bits per heavy atom. The molecule has 0 aliphatic heterocycles. The van der Waals surface area contributed by atoms with E-state index in [-0.39, 0.29) is 5.69 Å². The van der Waals surface area contributed by atoms with Gasteiger partial charge in [0.05, 0.1) is 21.6 Å². The summed E-state index contributed by atoms with van der Waals surface area (Å²) in [5, 5.41) is 13.9. The summed E-state index contributed by atoms with van der Waals surface area (Å²) in [4.78, 5) is 17.0. The lowest BCUT2D eigenvalue weighted by molar-refractivity contribution is -0.384. The van der Waals surface area contributed by atoms with E-state index in [4.69, 9.17) is 0 Å². The Balaban J connectivity index is 2.49. The van der Waals surface area contributed by atoms with E-state index in [0.717, 1.165) is 9.75 Å². The summed E-state index contributed by atoms with van der Waals surface area (Å²) in [6, 6.07) is 6.87. The van der Waals surface area contributed by atoms with Crippen molar-refractivity contribution in [2.45, 2.75) is 13.8 Å². The molecule has 2 heterocycles. The van der Waals surface area contributed by atoms with Gasteiger partial charge in [-0.15, -0.1) is 11.3 Å². The lowest BCUT2D eigenvalue weighted by Gasteiger charge is -2.04. The van der Waals surface area contributed by atoms with Crippen molar-refractivity contribution in [3.63, 3.8) is 0 Å². The molecule has 0 unspecified atom stereocenters. The summed E-state index contributed by atoms with van der Waals surface area (Å²) in [5.41, 5.74) is 0.695. The van der Waals surface area contributed by atoms with Gasteiger partial charge >= 0.3 is 0 Å². The maximum atomic E-state index is 10.9. The van der Waals surface area contributed by atoms with Gasteiger partial charge in [-0.3, -0.25) is 10.1 Å².